The van der Waals surface area contributed by atoms with E-state index >= 15 is 0 Å². The third-order valence-electron chi connectivity index (χ3n) is 4.35. The highest BCUT2D eigenvalue weighted by Crippen LogP contribution is 2.11. The SMILES string of the molecule is C=CCCCOC(=O)c1cccc(C(=O)OCCCCCCCCCC)c1. The molecule has 0 unspecified atom stereocenters. The second-order valence-corrected chi connectivity index (χ2v) is 6.76. The van der Waals surface area contributed by atoms with Crippen LogP contribution >= 0.6 is 0 Å². The van der Waals surface area contributed by atoms with Gasteiger partial charge in [-0.2, -0.15) is 0 Å². The molecule has 0 aromatic heterocycles. The van der Waals surface area contributed by atoms with Gasteiger partial charge in [0, 0.05) is 0 Å². The Labute approximate surface area is 163 Å². The van der Waals surface area contributed by atoms with E-state index in [1.165, 1.54) is 44.6 Å². The van der Waals surface area contributed by atoms with Gasteiger partial charge in [0.2, 0.25) is 0 Å². The molecule has 0 atom stereocenters. The van der Waals surface area contributed by atoms with Crippen LogP contribution in [0.25, 0.3) is 0 Å². The van der Waals surface area contributed by atoms with Gasteiger partial charge in [0.1, 0.15) is 0 Å². The van der Waals surface area contributed by atoms with E-state index in [0.29, 0.717) is 24.3 Å². The van der Waals surface area contributed by atoms with Gasteiger partial charge < -0.3 is 9.47 Å². The predicted molar refractivity (Wildman–Crippen MR) is 109 cm³/mol. The summed E-state index contributed by atoms with van der Waals surface area (Å²) in [6.45, 7) is 6.62. The smallest absolute Gasteiger partial charge is 0.338 e. The van der Waals surface area contributed by atoms with Gasteiger partial charge in [0.25, 0.3) is 0 Å². The zero-order valence-corrected chi connectivity index (χ0v) is 16.7. The molecule has 1 aromatic rings. The predicted octanol–water partition coefficient (Wildman–Crippen LogP) is 6.11. The molecule has 0 aliphatic heterocycles. The monoisotopic (exact) mass is 374 g/mol. The van der Waals surface area contributed by atoms with E-state index in [2.05, 4.69) is 13.5 Å². The first-order valence-corrected chi connectivity index (χ1v) is 10.2. The van der Waals surface area contributed by atoms with Crippen molar-refractivity contribution in [1.29, 1.82) is 0 Å². The minimum Gasteiger partial charge on any atom is -0.462 e. The molecule has 0 fully saturated rings. The van der Waals surface area contributed by atoms with Gasteiger partial charge in [0.15, 0.2) is 0 Å². The number of allylic oxidation sites excluding steroid dienone is 1. The van der Waals surface area contributed by atoms with E-state index < -0.39 is 5.97 Å². The Kier molecular flexibility index (Phi) is 12.7. The van der Waals surface area contributed by atoms with Gasteiger partial charge in [-0.25, -0.2) is 9.59 Å². The zero-order valence-electron chi connectivity index (χ0n) is 16.7. The Hall–Kier alpha value is -2.10. The van der Waals surface area contributed by atoms with Crippen molar-refractivity contribution in [3.8, 4) is 0 Å². The second kappa shape index (κ2) is 15.0. The quantitative estimate of drug-likeness (QED) is 0.211. The number of hydrogen-bond donors (Lipinski definition) is 0. The third kappa shape index (κ3) is 10.6. The average molecular weight is 375 g/mol. The van der Waals surface area contributed by atoms with Gasteiger partial charge in [-0.3, -0.25) is 0 Å². The van der Waals surface area contributed by atoms with Crippen LogP contribution in [-0.4, -0.2) is 25.2 Å². The first kappa shape index (κ1) is 22.9. The molecule has 0 amide bonds. The van der Waals surface area contributed by atoms with Crippen LogP contribution in [0.2, 0.25) is 0 Å². The molecule has 0 saturated heterocycles. The molecule has 1 aromatic carbocycles. The number of rotatable bonds is 15. The highest BCUT2D eigenvalue weighted by Gasteiger charge is 2.12. The Balaban J connectivity index is 2.26. The standard InChI is InChI=1S/C23H34O4/c1-3-5-7-8-9-10-11-13-18-27-23(25)21-16-14-15-20(19-21)22(24)26-17-12-6-4-2/h4,14-16,19H,2-3,5-13,17-18H2,1H3. The summed E-state index contributed by atoms with van der Waals surface area (Å²) >= 11 is 0. The average Bonchev–Trinajstić information content (AvgIpc) is 2.69. The third-order valence-corrected chi connectivity index (χ3v) is 4.35. The highest BCUT2D eigenvalue weighted by atomic mass is 16.5. The molecule has 0 radical (unpaired) electrons. The van der Waals surface area contributed by atoms with Crippen molar-refractivity contribution in [2.45, 2.75) is 71.1 Å². The molecule has 27 heavy (non-hydrogen) atoms. The fraction of sp³-hybridized carbons (Fsp3) is 0.565. The van der Waals surface area contributed by atoms with E-state index in [9.17, 15) is 9.59 Å². The minimum absolute atomic E-state index is 0.345. The summed E-state index contributed by atoms with van der Waals surface area (Å²) in [5, 5.41) is 0. The van der Waals surface area contributed by atoms with Crippen LogP contribution in [0.1, 0.15) is 91.8 Å². The Morgan fingerprint density at radius 2 is 1.37 bits per heavy atom. The zero-order chi connectivity index (χ0) is 19.7. The second-order valence-electron chi connectivity index (χ2n) is 6.76. The van der Waals surface area contributed by atoms with Gasteiger partial charge in [0.05, 0.1) is 24.3 Å². The van der Waals surface area contributed by atoms with Gasteiger partial charge in [-0.15, -0.1) is 6.58 Å². The number of hydrogen-bond acceptors (Lipinski definition) is 4. The number of unbranched alkanes of at least 4 members (excludes halogenated alkanes) is 8. The van der Waals surface area contributed by atoms with Crippen LogP contribution in [0.5, 0.6) is 0 Å². The summed E-state index contributed by atoms with van der Waals surface area (Å²) in [6.07, 6.45) is 12.9. The summed E-state index contributed by atoms with van der Waals surface area (Å²) in [4.78, 5) is 24.1. The fourth-order valence-corrected chi connectivity index (χ4v) is 2.73. The molecule has 4 nitrogen and oxygen atoms in total. The summed E-state index contributed by atoms with van der Waals surface area (Å²) in [7, 11) is 0. The number of esters is 2. The van der Waals surface area contributed by atoms with Crippen LogP contribution in [0, 0.1) is 0 Å². The molecule has 1 rings (SSSR count). The van der Waals surface area contributed by atoms with Crippen molar-refractivity contribution in [3.05, 3.63) is 48.0 Å². The van der Waals surface area contributed by atoms with E-state index in [1.807, 2.05) is 0 Å². The maximum absolute atomic E-state index is 12.1. The van der Waals surface area contributed by atoms with Crippen LogP contribution in [0.3, 0.4) is 0 Å². The van der Waals surface area contributed by atoms with Crippen molar-refractivity contribution < 1.29 is 19.1 Å². The van der Waals surface area contributed by atoms with Crippen LogP contribution in [0.4, 0.5) is 0 Å². The summed E-state index contributed by atoms with van der Waals surface area (Å²) < 4.78 is 10.5. The molecule has 0 saturated carbocycles. The van der Waals surface area contributed by atoms with Crippen molar-refractivity contribution in [2.24, 2.45) is 0 Å². The molecule has 0 aliphatic carbocycles. The summed E-state index contributed by atoms with van der Waals surface area (Å²) in [5.74, 6) is -0.809. The highest BCUT2D eigenvalue weighted by molar-refractivity contribution is 5.95. The summed E-state index contributed by atoms with van der Waals surface area (Å²) in [6, 6.07) is 6.51. The number of ether oxygens (including phenoxy) is 2. The first-order valence-electron chi connectivity index (χ1n) is 10.2. The van der Waals surface area contributed by atoms with Crippen LogP contribution in [0.15, 0.2) is 36.9 Å². The lowest BCUT2D eigenvalue weighted by molar-refractivity contribution is 0.0497. The Morgan fingerprint density at radius 1 is 0.852 bits per heavy atom. The largest absolute Gasteiger partial charge is 0.462 e. The van der Waals surface area contributed by atoms with Crippen LogP contribution < -0.4 is 0 Å². The molecular formula is C23H34O4. The molecule has 0 spiro atoms. The molecule has 150 valence electrons. The van der Waals surface area contributed by atoms with E-state index in [-0.39, 0.29) is 5.97 Å². The number of carbonyl (C=O) groups excluding carboxylic acids is 2. The molecule has 0 heterocycles. The number of carbonyl (C=O) groups is 2. The Morgan fingerprint density at radius 3 is 1.93 bits per heavy atom. The normalized spacial score (nSPS) is 10.4. The number of benzene rings is 1. The minimum atomic E-state index is -0.420. The first-order chi connectivity index (χ1) is 13.2. The van der Waals surface area contributed by atoms with E-state index in [0.717, 1.165) is 25.7 Å². The van der Waals surface area contributed by atoms with Crippen molar-refractivity contribution in [3.63, 3.8) is 0 Å². The van der Waals surface area contributed by atoms with Crippen molar-refractivity contribution in [1.82, 2.24) is 0 Å². The maximum Gasteiger partial charge on any atom is 0.338 e. The Bertz CT molecular complexity index is 565. The van der Waals surface area contributed by atoms with Gasteiger partial charge >= 0.3 is 11.9 Å². The van der Waals surface area contributed by atoms with Crippen molar-refractivity contribution in [2.75, 3.05) is 13.2 Å². The van der Waals surface area contributed by atoms with Gasteiger partial charge in [-0.05, 0) is 37.5 Å². The van der Waals surface area contributed by atoms with Gasteiger partial charge in [-0.1, -0.05) is 64.0 Å². The lowest BCUT2D eigenvalue weighted by Crippen LogP contribution is -2.10. The van der Waals surface area contributed by atoms with Crippen molar-refractivity contribution >= 4 is 11.9 Å². The fourth-order valence-electron chi connectivity index (χ4n) is 2.73. The van der Waals surface area contributed by atoms with E-state index in [1.54, 1.807) is 24.3 Å². The summed E-state index contributed by atoms with van der Waals surface area (Å²) in [5.41, 5.74) is 0.755. The molecule has 0 N–H and O–H groups in total. The maximum atomic E-state index is 12.1. The lowest BCUT2D eigenvalue weighted by Gasteiger charge is -2.07. The molecule has 0 aliphatic rings. The molecule has 4 heteroatoms. The molecule has 0 bridgehead atoms. The van der Waals surface area contributed by atoms with E-state index in [4.69, 9.17) is 9.47 Å². The topological polar surface area (TPSA) is 52.6 Å². The molecular weight excluding hydrogens is 340 g/mol. The lowest BCUT2D eigenvalue weighted by atomic mass is 10.1. The van der Waals surface area contributed by atoms with Crippen LogP contribution in [-0.2, 0) is 9.47 Å².